The van der Waals surface area contributed by atoms with Crippen LogP contribution in [0.3, 0.4) is 0 Å². The van der Waals surface area contributed by atoms with Crippen molar-refractivity contribution in [3.8, 4) is 22.6 Å². The number of hydrogen-bond donors (Lipinski definition) is 1. The highest BCUT2D eigenvalue weighted by molar-refractivity contribution is 5.63. The molecule has 34 heavy (non-hydrogen) atoms. The van der Waals surface area contributed by atoms with Crippen LogP contribution in [0.5, 0.6) is 11.5 Å². The molecule has 2 aliphatic rings. The molecule has 2 aromatic carbocycles. The Kier molecular flexibility index (Phi) is 5.85. The lowest BCUT2D eigenvalue weighted by atomic mass is 9.82. The Morgan fingerprint density at radius 3 is 2.35 bits per heavy atom. The summed E-state index contributed by atoms with van der Waals surface area (Å²) in [6.07, 6.45) is -3.66. The maximum atomic E-state index is 13.3. The van der Waals surface area contributed by atoms with Crippen LogP contribution in [0.25, 0.3) is 11.1 Å². The number of alkyl halides is 3. The Bertz CT molecular complexity index is 1220. The van der Waals surface area contributed by atoms with Gasteiger partial charge in [-0.2, -0.15) is 0 Å². The van der Waals surface area contributed by atoms with E-state index in [9.17, 15) is 18.0 Å². The molecule has 0 radical (unpaired) electrons. The quantitative estimate of drug-likeness (QED) is 0.618. The van der Waals surface area contributed by atoms with Crippen molar-refractivity contribution >= 4 is 0 Å². The Morgan fingerprint density at radius 2 is 1.68 bits per heavy atom. The molecule has 0 aliphatic carbocycles. The topological polar surface area (TPSA) is 44.9 Å². The molecule has 5 nitrogen and oxygen atoms in total. The van der Waals surface area contributed by atoms with Crippen molar-refractivity contribution in [2.24, 2.45) is 5.92 Å². The fraction of sp³-hybridized carbons (Fsp3) is 0.346. The first kappa shape index (κ1) is 22.5. The fourth-order valence-corrected chi connectivity index (χ4v) is 5.40. The van der Waals surface area contributed by atoms with Crippen LogP contribution >= 0.6 is 0 Å². The van der Waals surface area contributed by atoms with Gasteiger partial charge in [-0.25, -0.2) is 0 Å². The Labute approximate surface area is 195 Å². The van der Waals surface area contributed by atoms with E-state index in [4.69, 9.17) is 4.74 Å². The zero-order valence-electron chi connectivity index (χ0n) is 18.8. The third-order valence-corrected chi connectivity index (χ3v) is 6.81. The van der Waals surface area contributed by atoms with Crippen LogP contribution in [0.4, 0.5) is 13.2 Å². The van der Waals surface area contributed by atoms with Crippen LogP contribution < -0.4 is 19.9 Å². The summed E-state index contributed by atoms with van der Waals surface area (Å²) in [7, 11) is 1.66. The summed E-state index contributed by atoms with van der Waals surface area (Å²) in [6, 6.07) is 17.4. The van der Waals surface area contributed by atoms with Crippen LogP contribution in [0.2, 0.25) is 0 Å². The molecule has 2 bridgehead atoms. The van der Waals surface area contributed by atoms with E-state index in [0.717, 1.165) is 37.5 Å². The maximum Gasteiger partial charge on any atom is 0.573 e. The lowest BCUT2D eigenvalue weighted by Gasteiger charge is -2.40. The number of quaternary nitrogens is 1. The molecule has 3 aromatic rings. The predicted octanol–water partition coefficient (Wildman–Crippen LogP) is 3.62. The number of halogens is 3. The summed E-state index contributed by atoms with van der Waals surface area (Å²) < 4.78 is 48.3. The molecule has 1 aromatic heterocycles. The first-order valence-corrected chi connectivity index (χ1v) is 11.4. The van der Waals surface area contributed by atoms with Crippen molar-refractivity contribution in [2.75, 3.05) is 20.2 Å². The molecule has 8 heteroatoms. The standard InChI is InChI=1S/C26H25F3N2O3/c1-33-21-6-2-17(3-7-21)13-30-14-18-12-20(16-30)24-11-10-23(25(32)31(24)15-18)19-4-8-22(9-5-19)34-26(27,28)29/h2-11,18,20H,12-16H2,1H3/p+1/t18-,20+/m0/s1. The lowest BCUT2D eigenvalue weighted by Crippen LogP contribution is -3.13. The number of nitrogens with one attached hydrogen (secondary N) is 1. The second-order valence-corrected chi connectivity index (χ2v) is 9.14. The Morgan fingerprint density at radius 1 is 0.971 bits per heavy atom. The number of fused-ring (bicyclic) bond motifs is 4. The third kappa shape index (κ3) is 4.68. The molecule has 3 heterocycles. The Balaban J connectivity index is 1.35. The van der Waals surface area contributed by atoms with Gasteiger partial charge in [0.05, 0.1) is 20.2 Å². The number of ether oxygens (including phenoxy) is 2. The number of piperidine rings is 1. The molecule has 1 N–H and O–H groups in total. The van der Waals surface area contributed by atoms with E-state index in [1.54, 1.807) is 13.2 Å². The number of rotatable bonds is 5. The summed E-state index contributed by atoms with van der Waals surface area (Å²) in [4.78, 5) is 14.8. The fourth-order valence-electron chi connectivity index (χ4n) is 5.40. The molecule has 0 saturated carbocycles. The van der Waals surface area contributed by atoms with Gasteiger partial charge in [0.25, 0.3) is 5.56 Å². The number of hydrogen-bond acceptors (Lipinski definition) is 3. The van der Waals surface area contributed by atoms with E-state index in [1.807, 2.05) is 22.8 Å². The van der Waals surface area contributed by atoms with Crippen LogP contribution in [0.1, 0.15) is 23.6 Å². The van der Waals surface area contributed by atoms with Crippen molar-refractivity contribution < 1.29 is 27.5 Å². The Hall–Kier alpha value is -3.26. The van der Waals surface area contributed by atoms with E-state index in [2.05, 4.69) is 16.9 Å². The second kappa shape index (κ2) is 8.83. The second-order valence-electron chi connectivity index (χ2n) is 9.14. The molecule has 2 aliphatic heterocycles. The zero-order chi connectivity index (χ0) is 23.9. The smallest absolute Gasteiger partial charge is 0.497 e. The largest absolute Gasteiger partial charge is 0.573 e. The third-order valence-electron chi connectivity index (χ3n) is 6.81. The molecule has 3 atom stereocenters. The van der Waals surface area contributed by atoms with Crippen molar-refractivity contribution in [3.05, 3.63) is 82.3 Å². The number of pyridine rings is 1. The molecule has 1 saturated heterocycles. The summed E-state index contributed by atoms with van der Waals surface area (Å²) >= 11 is 0. The van der Waals surface area contributed by atoms with E-state index in [0.29, 0.717) is 29.5 Å². The first-order chi connectivity index (χ1) is 16.3. The molecule has 0 spiro atoms. The average Bonchev–Trinajstić information content (AvgIpc) is 2.80. The van der Waals surface area contributed by atoms with Gasteiger partial charge in [0.15, 0.2) is 0 Å². The van der Waals surface area contributed by atoms with Crippen molar-refractivity contribution in [1.29, 1.82) is 0 Å². The predicted molar refractivity (Wildman–Crippen MR) is 121 cm³/mol. The molecule has 1 fully saturated rings. The van der Waals surface area contributed by atoms with Gasteiger partial charge in [-0.1, -0.05) is 12.1 Å². The summed E-state index contributed by atoms with van der Waals surface area (Å²) in [5.41, 5.74) is 3.30. The van der Waals surface area contributed by atoms with E-state index in [-0.39, 0.29) is 11.3 Å². The SMILES string of the molecule is COc1ccc(C[NH+]2C[C@@H]3C[C@H](C2)c2ccc(-c4ccc(OC(F)(F)F)cc4)c(=O)n2C3)cc1. The highest BCUT2D eigenvalue weighted by Crippen LogP contribution is 2.32. The molecule has 1 unspecified atom stereocenters. The van der Waals surface area contributed by atoms with Gasteiger partial charge in [0.1, 0.15) is 18.0 Å². The molecular weight excluding hydrogens is 445 g/mol. The van der Waals surface area contributed by atoms with Gasteiger partial charge in [-0.15, -0.1) is 13.2 Å². The highest BCUT2D eigenvalue weighted by Gasteiger charge is 2.37. The van der Waals surface area contributed by atoms with E-state index < -0.39 is 6.36 Å². The van der Waals surface area contributed by atoms with Gasteiger partial charge in [0.2, 0.25) is 0 Å². The highest BCUT2D eigenvalue weighted by atomic mass is 19.4. The minimum atomic E-state index is -4.74. The van der Waals surface area contributed by atoms with Crippen molar-refractivity contribution in [3.63, 3.8) is 0 Å². The van der Waals surface area contributed by atoms with Crippen LogP contribution in [0, 0.1) is 5.92 Å². The average molecular weight is 471 g/mol. The van der Waals surface area contributed by atoms with Crippen LogP contribution in [-0.2, 0) is 13.1 Å². The van der Waals surface area contributed by atoms with Crippen LogP contribution in [0.15, 0.2) is 65.5 Å². The van der Waals surface area contributed by atoms with Crippen molar-refractivity contribution in [2.45, 2.75) is 31.8 Å². The minimum absolute atomic E-state index is 0.0877. The number of aromatic nitrogens is 1. The minimum Gasteiger partial charge on any atom is -0.497 e. The van der Waals surface area contributed by atoms with Gasteiger partial charge in [0, 0.05) is 35.2 Å². The maximum absolute atomic E-state index is 13.3. The lowest BCUT2D eigenvalue weighted by molar-refractivity contribution is -0.924. The summed E-state index contributed by atoms with van der Waals surface area (Å²) in [5.74, 6) is 1.27. The van der Waals surface area contributed by atoms with E-state index in [1.165, 1.54) is 34.7 Å². The van der Waals surface area contributed by atoms with Crippen LogP contribution in [-0.4, -0.2) is 31.1 Å². The van der Waals surface area contributed by atoms with Gasteiger partial charge >= 0.3 is 6.36 Å². The number of benzene rings is 2. The molecular formula is C26H26F3N2O3+. The number of likely N-dealkylation sites (tertiary alicyclic amines) is 1. The number of nitrogens with zero attached hydrogens (tertiary/aromatic N) is 1. The summed E-state index contributed by atoms with van der Waals surface area (Å²) in [6.45, 7) is 3.57. The zero-order valence-corrected chi connectivity index (χ0v) is 18.8. The van der Waals surface area contributed by atoms with Gasteiger partial charge in [-0.3, -0.25) is 4.79 Å². The number of methoxy groups -OCH3 is 1. The van der Waals surface area contributed by atoms with Gasteiger partial charge in [-0.05, 0) is 60.5 Å². The molecule has 178 valence electrons. The van der Waals surface area contributed by atoms with Gasteiger partial charge < -0.3 is 18.9 Å². The molecule has 5 rings (SSSR count). The monoisotopic (exact) mass is 471 g/mol. The first-order valence-electron chi connectivity index (χ1n) is 11.4. The van der Waals surface area contributed by atoms with Crippen molar-refractivity contribution in [1.82, 2.24) is 4.57 Å². The summed E-state index contributed by atoms with van der Waals surface area (Å²) in [5, 5.41) is 0. The molecule has 0 amide bonds. The normalized spacial score (nSPS) is 21.6. The van der Waals surface area contributed by atoms with E-state index >= 15 is 0 Å².